The van der Waals surface area contributed by atoms with Gasteiger partial charge in [0.1, 0.15) is 23.9 Å². The third-order valence-electron chi connectivity index (χ3n) is 4.49. The van der Waals surface area contributed by atoms with E-state index in [1.807, 2.05) is 0 Å². The lowest BCUT2D eigenvalue weighted by Crippen LogP contribution is -2.17. The lowest BCUT2D eigenvalue weighted by Gasteiger charge is -2.11. The van der Waals surface area contributed by atoms with E-state index in [2.05, 4.69) is 10.5 Å². The number of hydrogen-bond donors (Lipinski definition) is 1. The van der Waals surface area contributed by atoms with Crippen LogP contribution in [0.3, 0.4) is 0 Å². The molecule has 0 saturated carbocycles. The van der Waals surface area contributed by atoms with E-state index in [4.69, 9.17) is 18.9 Å². The molecule has 166 valence electrons. The predicted octanol–water partition coefficient (Wildman–Crippen LogP) is 4.19. The van der Waals surface area contributed by atoms with Gasteiger partial charge in [-0.05, 0) is 53.6 Å². The fourth-order valence-corrected chi connectivity index (χ4v) is 2.79. The van der Waals surface area contributed by atoms with Crippen LogP contribution in [0, 0.1) is 5.82 Å². The maximum atomic E-state index is 13.0. The fraction of sp³-hybridized carbons (Fsp3) is 0.167. The van der Waals surface area contributed by atoms with Crippen LogP contribution in [0.15, 0.2) is 65.8 Å². The van der Waals surface area contributed by atoms with E-state index in [0.717, 1.165) is 5.56 Å². The van der Waals surface area contributed by atoms with E-state index < -0.39 is 5.91 Å². The summed E-state index contributed by atoms with van der Waals surface area (Å²) in [5, 5.41) is 4.00. The van der Waals surface area contributed by atoms with E-state index in [1.54, 1.807) is 48.5 Å². The Morgan fingerprint density at radius 3 is 2.22 bits per heavy atom. The van der Waals surface area contributed by atoms with Gasteiger partial charge >= 0.3 is 0 Å². The highest BCUT2D eigenvalue weighted by Crippen LogP contribution is 2.28. The number of ether oxygens (including phenoxy) is 4. The van der Waals surface area contributed by atoms with E-state index in [1.165, 1.54) is 39.7 Å². The van der Waals surface area contributed by atoms with Crippen molar-refractivity contribution in [2.24, 2.45) is 5.10 Å². The van der Waals surface area contributed by atoms with Crippen LogP contribution in [-0.4, -0.2) is 33.5 Å². The summed E-state index contributed by atoms with van der Waals surface area (Å²) < 4.78 is 34.5. The smallest absolute Gasteiger partial charge is 0.271 e. The molecule has 0 aliphatic heterocycles. The Morgan fingerprint density at radius 2 is 1.59 bits per heavy atom. The Labute approximate surface area is 185 Å². The van der Waals surface area contributed by atoms with Gasteiger partial charge in [0.05, 0.1) is 27.5 Å². The van der Waals surface area contributed by atoms with Crippen molar-refractivity contribution >= 4 is 12.1 Å². The summed E-state index contributed by atoms with van der Waals surface area (Å²) >= 11 is 0. The number of hydrogen-bond acceptors (Lipinski definition) is 6. The Bertz CT molecular complexity index is 1080. The van der Waals surface area contributed by atoms with Crippen molar-refractivity contribution in [2.75, 3.05) is 21.3 Å². The maximum absolute atomic E-state index is 13.0. The molecule has 1 N–H and O–H groups in total. The van der Waals surface area contributed by atoms with E-state index in [0.29, 0.717) is 34.1 Å². The third kappa shape index (κ3) is 5.98. The van der Waals surface area contributed by atoms with Gasteiger partial charge in [-0.3, -0.25) is 4.79 Å². The molecule has 0 radical (unpaired) electrons. The first kappa shape index (κ1) is 22.6. The Hall–Kier alpha value is -4.07. The third-order valence-corrected chi connectivity index (χ3v) is 4.49. The first-order valence-corrected chi connectivity index (χ1v) is 9.64. The van der Waals surface area contributed by atoms with Crippen LogP contribution in [0.2, 0.25) is 0 Å². The fourth-order valence-electron chi connectivity index (χ4n) is 2.79. The van der Waals surface area contributed by atoms with Crippen molar-refractivity contribution in [2.45, 2.75) is 6.61 Å². The number of nitrogens with zero attached hydrogens (tertiary/aromatic N) is 1. The van der Waals surface area contributed by atoms with Crippen molar-refractivity contribution in [1.29, 1.82) is 0 Å². The molecule has 0 saturated heterocycles. The average molecular weight is 438 g/mol. The zero-order chi connectivity index (χ0) is 22.9. The molecule has 8 heteroatoms. The van der Waals surface area contributed by atoms with E-state index in [9.17, 15) is 9.18 Å². The highest BCUT2D eigenvalue weighted by atomic mass is 19.1. The summed E-state index contributed by atoms with van der Waals surface area (Å²) in [5.74, 6) is 1.32. The molecule has 7 nitrogen and oxygen atoms in total. The number of hydrazone groups is 1. The molecular weight excluding hydrogens is 415 g/mol. The highest BCUT2D eigenvalue weighted by Gasteiger charge is 2.10. The van der Waals surface area contributed by atoms with Crippen LogP contribution >= 0.6 is 0 Å². The van der Waals surface area contributed by atoms with Crippen LogP contribution in [0.4, 0.5) is 4.39 Å². The summed E-state index contributed by atoms with van der Waals surface area (Å²) in [6.07, 6.45) is 1.49. The average Bonchev–Trinajstić information content (AvgIpc) is 2.83. The topological polar surface area (TPSA) is 78.4 Å². The van der Waals surface area contributed by atoms with Crippen molar-refractivity contribution in [3.63, 3.8) is 0 Å². The lowest BCUT2D eigenvalue weighted by atomic mass is 10.2. The van der Waals surface area contributed by atoms with Gasteiger partial charge < -0.3 is 18.9 Å². The number of halogens is 1. The summed E-state index contributed by atoms with van der Waals surface area (Å²) in [5.41, 5.74) is 4.34. The van der Waals surface area contributed by atoms with Crippen LogP contribution in [-0.2, 0) is 6.61 Å². The molecule has 0 aliphatic rings. The molecule has 32 heavy (non-hydrogen) atoms. The highest BCUT2D eigenvalue weighted by molar-refractivity contribution is 5.95. The molecule has 0 spiro atoms. The van der Waals surface area contributed by atoms with Gasteiger partial charge in [0.2, 0.25) is 0 Å². The monoisotopic (exact) mass is 438 g/mol. The van der Waals surface area contributed by atoms with Crippen molar-refractivity contribution in [3.8, 4) is 23.0 Å². The number of benzene rings is 3. The van der Waals surface area contributed by atoms with Crippen LogP contribution in [0.1, 0.15) is 21.5 Å². The molecule has 3 aromatic carbocycles. The molecular formula is C24H23FN2O5. The Balaban J connectivity index is 1.64. The van der Waals surface area contributed by atoms with Crippen LogP contribution < -0.4 is 24.4 Å². The molecule has 0 aliphatic carbocycles. The molecule has 3 aromatic rings. The number of carbonyl (C=O) groups is 1. The number of methoxy groups -OCH3 is 3. The van der Waals surface area contributed by atoms with Crippen LogP contribution in [0.25, 0.3) is 0 Å². The van der Waals surface area contributed by atoms with Gasteiger partial charge in [0.25, 0.3) is 5.91 Å². The maximum Gasteiger partial charge on any atom is 0.271 e. The van der Waals surface area contributed by atoms with Gasteiger partial charge in [-0.1, -0.05) is 12.1 Å². The molecule has 0 atom stereocenters. The second kappa shape index (κ2) is 10.8. The van der Waals surface area contributed by atoms with Gasteiger partial charge in [-0.2, -0.15) is 5.10 Å². The number of rotatable bonds is 9. The van der Waals surface area contributed by atoms with Crippen molar-refractivity contribution < 1.29 is 28.1 Å². The second-order valence-corrected chi connectivity index (χ2v) is 6.63. The summed E-state index contributed by atoms with van der Waals surface area (Å²) in [6, 6.07) is 16.2. The normalized spacial score (nSPS) is 10.6. The minimum atomic E-state index is -0.412. The molecule has 0 heterocycles. The van der Waals surface area contributed by atoms with Gasteiger partial charge in [-0.25, -0.2) is 9.82 Å². The molecule has 3 rings (SSSR count). The quantitative estimate of drug-likeness (QED) is 0.400. The summed E-state index contributed by atoms with van der Waals surface area (Å²) in [4.78, 5) is 12.4. The van der Waals surface area contributed by atoms with Gasteiger partial charge in [0, 0.05) is 11.6 Å². The number of amides is 1. The summed E-state index contributed by atoms with van der Waals surface area (Å²) in [7, 11) is 4.54. The first-order chi connectivity index (χ1) is 15.5. The van der Waals surface area contributed by atoms with Crippen LogP contribution in [0.5, 0.6) is 23.0 Å². The molecule has 0 fully saturated rings. The molecule has 1 amide bonds. The Kier molecular flexibility index (Phi) is 7.64. The molecule has 0 unspecified atom stereocenters. The molecule has 0 bridgehead atoms. The van der Waals surface area contributed by atoms with E-state index >= 15 is 0 Å². The lowest BCUT2D eigenvalue weighted by molar-refractivity contribution is 0.0954. The number of carbonyl (C=O) groups excluding carboxylic acids is 1. The van der Waals surface area contributed by atoms with E-state index in [-0.39, 0.29) is 12.4 Å². The summed E-state index contributed by atoms with van der Waals surface area (Å²) in [6.45, 7) is 0.268. The number of nitrogens with one attached hydrogen (secondary N) is 1. The zero-order valence-corrected chi connectivity index (χ0v) is 17.9. The largest absolute Gasteiger partial charge is 0.497 e. The SMILES string of the molecule is COc1cc(OC)cc(C(=O)N/N=C/c2ccc(OCc3ccc(F)cc3)c(OC)c2)c1. The van der Waals surface area contributed by atoms with Gasteiger partial charge in [0.15, 0.2) is 11.5 Å². The predicted molar refractivity (Wildman–Crippen MR) is 118 cm³/mol. The minimum absolute atomic E-state index is 0.268. The second-order valence-electron chi connectivity index (χ2n) is 6.63. The standard InChI is InChI=1S/C24H23FN2O5/c1-29-20-11-18(12-21(13-20)30-2)24(28)27-26-14-17-6-9-22(23(10-17)31-3)32-15-16-4-7-19(25)8-5-16/h4-14H,15H2,1-3H3,(H,27,28)/b26-14+. The minimum Gasteiger partial charge on any atom is -0.497 e. The zero-order valence-electron chi connectivity index (χ0n) is 17.9. The molecule has 0 aromatic heterocycles. The first-order valence-electron chi connectivity index (χ1n) is 9.64. The van der Waals surface area contributed by atoms with Crippen molar-refractivity contribution in [3.05, 3.63) is 83.2 Å². The van der Waals surface area contributed by atoms with Crippen molar-refractivity contribution in [1.82, 2.24) is 5.43 Å². The van der Waals surface area contributed by atoms with Gasteiger partial charge in [-0.15, -0.1) is 0 Å². The Morgan fingerprint density at radius 1 is 0.906 bits per heavy atom.